The smallest absolute Gasteiger partial charge is 0.0357 e. The fraction of sp³-hybridized carbons (Fsp3) is 0.818. The van der Waals surface area contributed by atoms with Gasteiger partial charge in [0.25, 0.3) is 0 Å². The molecule has 0 bridgehead atoms. The third kappa shape index (κ3) is 11.3. The van der Waals surface area contributed by atoms with E-state index in [2.05, 4.69) is 23.8 Å². The van der Waals surface area contributed by atoms with Gasteiger partial charge in [-0.2, -0.15) is 0 Å². The molecule has 0 rings (SSSR count). The van der Waals surface area contributed by atoms with Gasteiger partial charge < -0.3 is 0 Å². The third-order valence-corrected chi connectivity index (χ3v) is 1.79. The molecule has 2 heteroatoms. The Bertz CT molecular complexity index is 123. The van der Waals surface area contributed by atoms with Gasteiger partial charge >= 0.3 is 0 Å². The fourth-order valence-corrected chi connectivity index (χ4v) is 1.09. The van der Waals surface area contributed by atoms with E-state index in [1.807, 2.05) is 12.4 Å². The summed E-state index contributed by atoms with van der Waals surface area (Å²) in [5.74, 6) is 0. The Labute approximate surface area is 82.2 Å². The molecule has 0 unspecified atom stereocenters. The van der Waals surface area contributed by atoms with Crippen LogP contribution < -0.4 is 0 Å². The highest BCUT2D eigenvalue weighted by Gasteiger charge is 1.85. The predicted molar refractivity (Wildman–Crippen MR) is 61.2 cm³/mol. The van der Waals surface area contributed by atoms with Crippen molar-refractivity contribution in [3.8, 4) is 0 Å². The minimum atomic E-state index is 0.920. The molecule has 0 N–H and O–H groups in total. The maximum Gasteiger partial charge on any atom is 0.0357 e. The molecule has 13 heavy (non-hydrogen) atoms. The van der Waals surface area contributed by atoms with Gasteiger partial charge in [-0.25, -0.2) is 0 Å². The molecule has 0 radical (unpaired) electrons. The number of hydrogen-bond donors (Lipinski definition) is 0. The summed E-state index contributed by atoms with van der Waals surface area (Å²) in [6.07, 6.45) is 10.2. The van der Waals surface area contributed by atoms with Crippen molar-refractivity contribution in [1.82, 2.24) is 0 Å². The Hall–Kier alpha value is -0.660. The zero-order valence-electron chi connectivity index (χ0n) is 9.00. The van der Waals surface area contributed by atoms with Gasteiger partial charge in [-0.1, -0.05) is 6.42 Å². The van der Waals surface area contributed by atoms with Crippen LogP contribution in [-0.4, -0.2) is 25.5 Å². The van der Waals surface area contributed by atoms with Gasteiger partial charge in [-0.05, 0) is 52.0 Å². The molecule has 0 amide bonds. The molecule has 0 atom stereocenters. The predicted octanol–water partition coefficient (Wildman–Crippen LogP) is 3.12. The van der Waals surface area contributed by atoms with Gasteiger partial charge in [0.2, 0.25) is 0 Å². The van der Waals surface area contributed by atoms with Crippen LogP contribution in [0.2, 0.25) is 0 Å². The van der Waals surface area contributed by atoms with Gasteiger partial charge in [-0.15, -0.1) is 0 Å². The topological polar surface area (TPSA) is 24.7 Å². The third-order valence-electron chi connectivity index (χ3n) is 1.79. The first kappa shape index (κ1) is 12.3. The molecule has 0 aliphatic carbocycles. The standard InChI is InChI=1S/C11H22N2/c1-3-12-10-8-6-5-7-9-11-13-4-2/h10-11H,3-9H2,1-2H3. The van der Waals surface area contributed by atoms with Crippen molar-refractivity contribution in [1.29, 1.82) is 0 Å². The van der Waals surface area contributed by atoms with Crippen LogP contribution in [0.5, 0.6) is 0 Å². The summed E-state index contributed by atoms with van der Waals surface area (Å²) < 4.78 is 0. The molecule has 0 saturated carbocycles. The second kappa shape index (κ2) is 11.3. The van der Waals surface area contributed by atoms with E-state index in [1.165, 1.54) is 19.3 Å². The summed E-state index contributed by atoms with van der Waals surface area (Å²) >= 11 is 0. The van der Waals surface area contributed by atoms with E-state index < -0.39 is 0 Å². The van der Waals surface area contributed by atoms with Crippen LogP contribution in [0.1, 0.15) is 46.0 Å². The van der Waals surface area contributed by atoms with E-state index >= 15 is 0 Å². The zero-order chi connectivity index (χ0) is 9.78. The highest BCUT2D eigenvalue weighted by molar-refractivity contribution is 5.57. The Morgan fingerprint density at radius 2 is 1.23 bits per heavy atom. The average Bonchev–Trinajstić information content (AvgIpc) is 2.16. The van der Waals surface area contributed by atoms with Crippen LogP contribution >= 0.6 is 0 Å². The fourth-order valence-electron chi connectivity index (χ4n) is 1.09. The molecule has 0 aliphatic rings. The molecule has 0 heterocycles. The lowest BCUT2D eigenvalue weighted by atomic mass is 10.2. The van der Waals surface area contributed by atoms with Crippen molar-refractivity contribution < 1.29 is 0 Å². The summed E-state index contributed by atoms with van der Waals surface area (Å²) in [7, 11) is 0. The molecule has 0 spiro atoms. The monoisotopic (exact) mass is 182 g/mol. The van der Waals surface area contributed by atoms with Crippen LogP contribution in [0.3, 0.4) is 0 Å². The maximum atomic E-state index is 4.17. The van der Waals surface area contributed by atoms with Crippen molar-refractivity contribution >= 4 is 12.4 Å². The van der Waals surface area contributed by atoms with E-state index in [1.54, 1.807) is 0 Å². The highest BCUT2D eigenvalue weighted by atomic mass is 14.7. The minimum Gasteiger partial charge on any atom is -0.298 e. The summed E-state index contributed by atoms with van der Waals surface area (Å²) in [4.78, 5) is 8.34. The molecular weight excluding hydrogens is 160 g/mol. The second-order valence-corrected chi connectivity index (χ2v) is 3.00. The number of rotatable bonds is 8. The summed E-state index contributed by atoms with van der Waals surface area (Å²) in [5, 5.41) is 0. The van der Waals surface area contributed by atoms with E-state index in [4.69, 9.17) is 0 Å². The average molecular weight is 182 g/mol. The number of unbranched alkanes of at least 4 members (excludes halogenated alkanes) is 4. The van der Waals surface area contributed by atoms with Crippen LogP contribution in [0.25, 0.3) is 0 Å². The van der Waals surface area contributed by atoms with Crippen LogP contribution in [0.4, 0.5) is 0 Å². The Morgan fingerprint density at radius 1 is 0.769 bits per heavy atom. The van der Waals surface area contributed by atoms with Gasteiger partial charge in [-0.3, -0.25) is 9.98 Å². The summed E-state index contributed by atoms with van der Waals surface area (Å²) in [5.41, 5.74) is 0. The van der Waals surface area contributed by atoms with Crippen molar-refractivity contribution in [3.05, 3.63) is 0 Å². The van der Waals surface area contributed by atoms with Crippen molar-refractivity contribution in [2.24, 2.45) is 9.98 Å². The van der Waals surface area contributed by atoms with Crippen LogP contribution in [0.15, 0.2) is 9.98 Å². The van der Waals surface area contributed by atoms with E-state index in [-0.39, 0.29) is 0 Å². The normalized spacial score (nSPS) is 11.8. The van der Waals surface area contributed by atoms with Gasteiger partial charge in [0.05, 0.1) is 0 Å². The highest BCUT2D eigenvalue weighted by Crippen LogP contribution is 2.00. The van der Waals surface area contributed by atoms with Crippen molar-refractivity contribution in [2.75, 3.05) is 13.1 Å². The minimum absolute atomic E-state index is 0.920. The lowest BCUT2D eigenvalue weighted by Gasteiger charge is -1.94. The SMILES string of the molecule is CCN=CCCCCCC=NCC. The van der Waals surface area contributed by atoms with Crippen LogP contribution in [-0.2, 0) is 0 Å². The first-order valence-electron chi connectivity index (χ1n) is 5.38. The largest absolute Gasteiger partial charge is 0.298 e. The Balaban J connectivity index is 2.99. The van der Waals surface area contributed by atoms with E-state index in [0.29, 0.717) is 0 Å². The molecule has 0 saturated heterocycles. The molecule has 76 valence electrons. The van der Waals surface area contributed by atoms with Gasteiger partial charge in [0.1, 0.15) is 0 Å². The maximum absolute atomic E-state index is 4.17. The van der Waals surface area contributed by atoms with Crippen molar-refractivity contribution in [2.45, 2.75) is 46.0 Å². The van der Waals surface area contributed by atoms with Crippen LogP contribution in [0, 0.1) is 0 Å². The zero-order valence-corrected chi connectivity index (χ0v) is 9.00. The van der Waals surface area contributed by atoms with Crippen molar-refractivity contribution in [3.63, 3.8) is 0 Å². The molecule has 0 fully saturated rings. The molecule has 0 aromatic rings. The molecule has 0 aromatic heterocycles. The molecular formula is C11H22N2. The number of hydrogen-bond acceptors (Lipinski definition) is 2. The van der Waals surface area contributed by atoms with Gasteiger partial charge in [0, 0.05) is 13.1 Å². The summed E-state index contributed by atoms with van der Waals surface area (Å²) in [6.45, 7) is 5.97. The second-order valence-electron chi connectivity index (χ2n) is 3.00. The first-order valence-corrected chi connectivity index (χ1v) is 5.38. The van der Waals surface area contributed by atoms with E-state index in [0.717, 1.165) is 25.9 Å². The van der Waals surface area contributed by atoms with E-state index in [9.17, 15) is 0 Å². The van der Waals surface area contributed by atoms with Gasteiger partial charge in [0.15, 0.2) is 0 Å². The molecule has 0 aliphatic heterocycles. The number of nitrogens with zero attached hydrogens (tertiary/aromatic N) is 2. The first-order chi connectivity index (χ1) is 6.41. The molecule has 0 aromatic carbocycles. The Kier molecular flexibility index (Phi) is 10.8. The summed E-state index contributed by atoms with van der Waals surface area (Å²) in [6, 6.07) is 0. The number of aliphatic imine (C=N–C) groups is 2. The lowest BCUT2D eigenvalue weighted by Crippen LogP contribution is -1.82. The quantitative estimate of drug-likeness (QED) is 0.407. The lowest BCUT2D eigenvalue weighted by molar-refractivity contribution is 0.722. The Morgan fingerprint density at radius 3 is 1.62 bits per heavy atom. The molecule has 2 nitrogen and oxygen atoms in total.